The second-order valence-corrected chi connectivity index (χ2v) is 6.33. The lowest BCUT2D eigenvalue weighted by atomic mass is 10.1. The van der Waals surface area contributed by atoms with E-state index in [1.807, 2.05) is 39.0 Å². The van der Waals surface area contributed by atoms with E-state index < -0.39 is 0 Å². The van der Waals surface area contributed by atoms with Crippen LogP contribution < -0.4 is 15.0 Å². The molecular formula is C16H22N2O3. The van der Waals surface area contributed by atoms with Crippen LogP contribution in [0.15, 0.2) is 18.2 Å². The van der Waals surface area contributed by atoms with Crippen LogP contribution in [-0.4, -0.2) is 31.0 Å². The Morgan fingerprint density at radius 2 is 2.10 bits per heavy atom. The third-order valence-corrected chi connectivity index (χ3v) is 3.21. The Morgan fingerprint density at radius 3 is 2.76 bits per heavy atom. The van der Waals surface area contributed by atoms with E-state index in [-0.39, 0.29) is 23.8 Å². The first-order valence-electron chi connectivity index (χ1n) is 7.09. The molecule has 5 heteroatoms. The average Bonchev–Trinajstić information content (AvgIpc) is 2.49. The maximum Gasteiger partial charge on any atom is 0.230 e. The van der Waals surface area contributed by atoms with Crippen LogP contribution in [0.3, 0.4) is 0 Å². The third kappa shape index (κ3) is 3.97. The molecule has 5 nitrogen and oxygen atoms in total. The number of anilines is 1. The van der Waals surface area contributed by atoms with Gasteiger partial charge in [-0.3, -0.25) is 9.59 Å². The summed E-state index contributed by atoms with van der Waals surface area (Å²) >= 11 is 0. The van der Waals surface area contributed by atoms with Crippen LogP contribution in [0.4, 0.5) is 5.69 Å². The minimum absolute atomic E-state index is 0.0186. The van der Waals surface area contributed by atoms with Crippen molar-refractivity contribution in [2.45, 2.75) is 39.2 Å². The van der Waals surface area contributed by atoms with Gasteiger partial charge in [0.15, 0.2) is 0 Å². The molecule has 0 aliphatic carbocycles. The zero-order valence-electron chi connectivity index (χ0n) is 13.0. The van der Waals surface area contributed by atoms with E-state index in [9.17, 15) is 9.59 Å². The minimum atomic E-state index is -0.251. The SMILES string of the molecule is CN1C(=O)CCOc2ccc(CC(=O)NC(C)(C)C)cc21. The van der Waals surface area contributed by atoms with Gasteiger partial charge in [0.2, 0.25) is 11.8 Å². The molecule has 0 spiro atoms. The van der Waals surface area contributed by atoms with Crippen LogP contribution in [0.5, 0.6) is 5.75 Å². The molecule has 21 heavy (non-hydrogen) atoms. The number of carbonyl (C=O) groups excluding carboxylic acids is 2. The largest absolute Gasteiger partial charge is 0.491 e. The maximum absolute atomic E-state index is 12.0. The lowest BCUT2D eigenvalue weighted by Gasteiger charge is -2.21. The van der Waals surface area contributed by atoms with Crippen molar-refractivity contribution < 1.29 is 14.3 Å². The van der Waals surface area contributed by atoms with Crippen LogP contribution in [0.1, 0.15) is 32.8 Å². The van der Waals surface area contributed by atoms with Gasteiger partial charge in [-0.1, -0.05) is 6.07 Å². The molecule has 2 amide bonds. The average molecular weight is 290 g/mol. The van der Waals surface area contributed by atoms with Crippen molar-refractivity contribution in [3.63, 3.8) is 0 Å². The predicted molar refractivity (Wildman–Crippen MR) is 81.6 cm³/mol. The molecule has 1 heterocycles. The summed E-state index contributed by atoms with van der Waals surface area (Å²) in [5, 5.41) is 2.93. The Labute approximate surface area is 125 Å². The Bertz CT molecular complexity index is 561. The minimum Gasteiger partial charge on any atom is -0.491 e. The number of nitrogens with zero attached hydrogens (tertiary/aromatic N) is 1. The normalized spacial score (nSPS) is 15.0. The fraction of sp³-hybridized carbons (Fsp3) is 0.500. The Balaban J connectivity index is 2.18. The number of nitrogens with one attached hydrogen (secondary N) is 1. The monoisotopic (exact) mass is 290 g/mol. The summed E-state index contributed by atoms with van der Waals surface area (Å²) in [6.07, 6.45) is 0.650. The standard InChI is InChI=1S/C16H22N2O3/c1-16(2,3)17-14(19)10-11-5-6-13-12(9-11)18(4)15(20)7-8-21-13/h5-6,9H,7-8,10H2,1-4H3,(H,17,19). The highest BCUT2D eigenvalue weighted by molar-refractivity contribution is 5.95. The Morgan fingerprint density at radius 1 is 1.38 bits per heavy atom. The van der Waals surface area contributed by atoms with Crippen molar-refractivity contribution in [2.75, 3.05) is 18.6 Å². The molecule has 0 atom stereocenters. The molecule has 1 N–H and O–H groups in total. The van der Waals surface area contributed by atoms with Gasteiger partial charge in [-0.15, -0.1) is 0 Å². The fourth-order valence-corrected chi connectivity index (χ4v) is 2.26. The highest BCUT2D eigenvalue weighted by Crippen LogP contribution is 2.31. The molecule has 1 aromatic carbocycles. The molecule has 2 rings (SSSR count). The summed E-state index contributed by atoms with van der Waals surface area (Å²) in [6, 6.07) is 5.54. The Kier molecular flexibility index (Phi) is 4.21. The van der Waals surface area contributed by atoms with Crippen LogP contribution in [0.2, 0.25) is 0 Å². The number of rotatable bonds is 2. The van der Waals surface area contributed by atoms with E-state index in [0.717, 1.165) is 11.3 Å². The molecule has 114 valence electrons. The van der Waals surface area contributed by atoms with Gasteiger partial charge in [0, 0.05) is 12.6 Å². The zero-order valence-corrected chi connectivity index (χ0v) is 13.0. The summed E-state index contributed by atoms with van der Waals surface area (Å²) in [6.45, 7) is 6.23. The lowest BCUT2D eigenvalue weighted by molar-refractivity contribution is -0.122. The number of hydrogen-bond acceptors (Lipinski definition) is 3. The summed E-state index contributed by atoms with van der Waals surface area (Å²) in [5.74, 6) is 0.666. The van der Waals surface area contributed by atoms with Gasteiger partial charge in [-0.25, -0.2) is 0 Å². The third-order valence-electron chi connectivity index (χ3n) is 3.21. The number of fused-ring (bicyclic) bond motifs is 1. The molecule has 0 bridgehead atoms. The van der Waals surface area contributed by atoms with Gasteiger partial charge in [-0.2, -0.15) is 0 Å². The van der Waals surface area contributed by atoms with Crippen molar-refractivity contribution >= 4 is 17.5 Å². The summed E-state index contributed by atoms with van der Waals surface area (Å²) in [4.78, 5) is 25.4. The summed E-state index contributed by atoms with van der Waals surface area (Å²) < 4.78 is 5.57. The van der Waals surface area contributed by atoms with E-state index in [2.05, 4.69) is 5.32 Å². The predicted octanol–water partition coefficient (Wildman–Crippen LogP) is 1.89. The first kappa shape index (κ1) is 15.4. The summed E-state index contributed by atoms with van der Waals surface area (Å²) in [7, 11) is 1.73. The highest BCUT2D eigenvalue weighted by atomic mass is 16.5. The molecule has 1 aromatic rings. The van der Waals surface area contributed by atoms with Crippen molar-refractivity contribution in [1.29, 1.82) is 0 Å². The quantitative estimate of drug-likeness (QED) is 0.905. The molecule has 0 fully saturated rings. The van der Waals surface area contributed by atoms with Crippen LogP contribution in [-0.2, 0) is 16.0 Å². The van der Waals surface area contributed by atoms with Crippen molar-refractivity contribution in [1.82, 2.24) is 5.32 Å². The number of carbonyl (C=O) groups is 2. The van der Waals surface area contributed by atoms with Crippen molar-refractivity contribution in [3.05, 3.63) is 23.8 Å². The number of amides is 2. The highest BCUT2D eigenvalue weighted by Gasteiger charge is 2.21. The summed E-state index contributed by atoms with van der Waals surface area (Å²) in [5.41, 5.74) is 1.33. The zero-order chi connectivity index (χ0) is 15.6. The van der Waals surface area contributed by atoms with Gasteiger partial charge in [0.05, 0.1) is 25.1 Å². The molecule has 1 aliphatic rings. The molecule has 0 saturated carbocycles. The molecular weight excluding hydrogens is 268 g/mol. The number of ether oxygens (including phenoxy) is 1. The van der Waals surface area contributed by atoms with E-state index in [1.54, 1.807) is 11.9 Å². The van der Waals surface area contributed by atoms with E-state index in [0.29, 0.717) is 18.8 Å². The van der Waals surface area contributed by atoms with Crippen molar-refractivity contribution in [3.8, 4) is 5.75 Å². The molecule has 0 aromatic heterocycles. The van der Waals surface area contributed by atoms with Gasteiger partial charge < -0.3 is 15.0 Å². The van der Waals surface area contributed by atoms with Gasteiger partial charge in [-0.05, 0) is 38.5 Å². The van der Waals surface area contributed by atoms with E-state index >= 15 is 0 Å². The maximum atomic E-state index is 12.0. The first-order chi connectivity index (χ1) is 9.76. The van der Waals surface area contributed by atoms with Gasteiger partial charge in [0.1, 0.15) is 5.75 Å². The van der Waals surface area contributed by atoms with Crippen LogP contribution >= 0.6 is 0 Å². The van der Waals surface area contributed by atoms with E-state index in [1.165, 1.54) is 0 Å². The lowest BCUT2D eigenvalue weighted by Crippen LogP contribution is -2.41. The second-order valence-electron chi connectivity index (χ2n) is 6.33. The second kappa shape index (κ2) is 5.76. The van der Waals surface area contributed by atoms with Crippen LogP contribution in [0.25, 0.3) is 0 Å². The fourth-order valence-electron chi connectivity index (χ4n) is 2.26. The number of hydrogen-bond donors (Lipinski definition) is 1. The topological polar surface area (TPSA) is 58.6 Å². The molecule has 0 radical (unpaired) electrons. The van der Waals surface area contributed by atoms with Crippen LogP contribution in [0, 0.1) is 0 Å². The van der Waals surface area contributed by atoms with Gasteiger partial charge >= 0.3 is 0 Å². The molecule has 0 unspecified atom stereocenters. The number of benzene rings is 1. The van der Waals surface area contributed by atoms with Crippen molar-refractivity contribution in [2.24, 2.45) is 0 Å². The van der Waals surface area contributed by atoms with E-state index in [4.69, 9.17) is 4.74 Å². The van der Waals surface area contributed by atoms with Gasteiger partial charge in [0.25, 0.3) is 0 Å². The smallest absolute Gasteiger partial charge is 0.230 e. The molecule has 0 saturated heterocycles. The first-order valence-corrected chi connectivity index (χ1v) is 7.09. The molecule has 1 aliphatic heterocycles. The Hall–Kier alpha value is -2.04.